The van der Waals surface area contributed by atoms with Crippen LogP contribution in [0.15, 0.2) is 35.5 Å². The van der Waals surface area contributed by atoms with Crippen LogP contribution < -0.4 is 15.8 Å². The van der Waals surface area contributed by atoms with Gasteiger partial charge in [0.05, 0.1) is 6.54 Å². The lowest BCUT2D eigenvalue weighted by atomic mass is 10.2. The number of aliphatic imine (C=N–C) groups is 1. The van der Waals surface area contributed by atoms with Crippen LogP contribution >= 0.6 is 24.0 Å². The van der Waals surface area contributed by atoms with Gasteiger partial charge in [0.25, 0.3) is 0 Å². The first-order valence-corrected chi connectivity index (χ1v) is 7.44. The van der Waals surface area contributed by atoms with Crippen LogP contribution in [0.2, 0.25) is 0 Å². The molecule has 0 radical (unpaired) electrons. The van der Waals surface area contributed by atoms with Crippen molar-refractivity contribution in [2.24, 2.45) is 10.7 Å². The molecular formula is C16H25IN4O. The second-order valence-corrected chi connectivity index (χ2v) is 5.50. The van der Waals surface area contributed by atoms with Crippen molar-refractivity contribution in [3.63, 3.8) is 0 Å². The number of hydrogen-bond donors (Lipinski definition) is 2. The van der Waals surface area contributed by atoms with Gasteiger partial charge in [-0.25, -0.2) is 9.98 Å². The second-order valence-electron chi connectivity index (χ2n) is 5.50. The van der Waals surface area contributed by atoms with E-state index in [-0.39, 0.29) is 24.0 Å². The average Bonchev–Trinajstić information content (AvgIpc) is 2.97. The SMILES string of the molecule is C=C(C)CNC(N)=NCc1cccnc1OC1CCCC1.I. The molecule has 0 amide bonds. The lowest BCUT2D eigenvalue weighted by Crippen LogP contribution is -2.32. The minimum atomic E-state index is 0. The van der Waals surface area contributed by atoms with Gasteiger partial charge in [-0.2, -0.15) is 0 Å². The quantitative estimate of drug-likeness (QED) is 0.324. The summed E-state index contributed by atoms with van der Waals surface area (Å²) >= 11 is 0. The fraction of sp³-hybridized carbons (Fsp3) is 0.500. The summed E-state index contributed by atoms with van der Waals surface area (Å²) in [6.07, 6.45) is 6.75. The molecule has 0 saturated heterocycles. The number of nitrogens with zero attached hydrogens (tertiary/aromatic N) is 2. The van der Waals surface area contributed by atoms with E-state index in [0.717, 1.165) is 24.0 Å². The molecule has 0 spiro atoms. The standard InChI is InChI=1S/C16H24N4O.HI/c1-12(2)10-19-16(17)20-11-13-6-5-9-18-15(13)21-14-7-3-4-8-14;/h5-6,9,14H,1,3-4,7-8,10-11H2,2H3,(H3,17,19,20);1H. The summed E-state index contributed by atoms with van der Waals surface area (Å²) in [6.45, 7) is 6.85. The molecule has 3 N–H and O–H groups in total. The van der Waals surface area contributed by atoms with Crippen LogP contribution in [0.1, 0.15) is 38.2 Å². The Bertz CT molecular complexity index is 513. The molecule has 0 bridgehead atoms. The van der Waals surface area contributed by atoms with E-state index < -0.39 is 0 Å². The van der Waals surface area contributed by atoms with Crippen LogP contribution in [0.5, 0.6) is 5.88 Å². The molecule has 0 aromatic carbocycles. The molecule has 2 rings (SSSR count). The molecule has 0 aliphatic heterocycles. The molecule has 0 unspecified atom stereocenters. The molecule has 1 aliphatic carbocycles. The molecule has 1 fully saturated rings. The van der Waals surface area contributed by atoms with Crippen LogP contribution in [0.4, 0.5) is 0 Å². The van der Waals surface area contributed by atoms with E-state index in [2.05, 4.69) is 21.9 Å². The largest absolute Gasteiger partial charge is 0.474 e. The molecule has 22 heavy (non-hydrogen) atoms. The molecule has 6 heteroatoms. The first kappa shape index (κ1) is 18.7. The van der Waals surface area contributed by atoms with Crippen molar-refractivity contribution >= 4 is 29.9 Å². The van der Waals surface area contributed by atoms with Crippen molar-refractivity contribution in [3.05, 3.63) is 36.0 Å². The Morgan fingerprint density at radius 1 is 1.50 bits per heavy atom. The molecule has 1 aliphatic rings. The number of nitrogens with two attached hydrogens (primary N) is 1. The zero-order valence-corrected chi connectivity index (χ0v) is 15.4. The van der Waals surface area contributed by atoms with E-state index >= 15 is 0 Å². The van der Waals surface area contributed by atoms with Crippen LogP contribution in [0.25, 0.3) is 0 Å². The van der Waals surface area contributed by atoms with Crippen molar-refractivity contribution in [1.29, 1.82) is 0 Å². The van der Waals surface area contributed by atoms with Gasteiger partial charge in [0.15, 0.2) is 5.96 Å². The van der Waals surface area contributed by atoms with Crippen LogP contribution in [-0.2, 0) is 6.54 Å². The Labute approximate surface area is 149 Å². The van der Waals surface area contributed by atoms with E-state index in [9.17, 15) is 0 Å². The lowest BCUT2D eigenvalue weighted by Gasteiger charge is -2.14. The Hall–Kier alpha value is -1.31. The topological polar surface area (TPSA) is 72.5 Å². The van der Waals surface area contributed by atoms with Gasteiger partial charge in [-0.3, -0.25) is 0 Å². The third kappa shape index (κ3) is 6.21. The summed E-state index contributed by atoms with van der Waals surface area (Å²) in [4.78, 5) is 8.65. The van der Waals surface area contributed by atoms with Gasteiger partial charge in [-0.05, 0) is 38.7 Å². The maximum atomic E-state index is 5.98. The van der Waals surface area contributed by atoms with Gasteiger partial charge in [0.1, 0.15) is 6.10 Å². The normalized spacial score (nSPS) is 15.2. The van der Waals surface area contributed by atoms with Crippen molar-refractivity contribution in [3.8, 4) is 5.88 Å². The molecular weight excluding hydrogens is 391 g/mol. The predicted molar refractivity (Wildman–Crippen MR) is 101 cm³/mol. The van der Waals surface area contributed by atoms with Crippen molar-refractivity contribution in [2.75, 3.05) is 6.54 Å². The molecule has 1 saturated carbocycles. The minimum Gasteiger partial charge on any atom is -0.474 e. The van der Waals surface area contributed by atoms with E-state index in [1.807, 2.05) is 19.1 Å². The number of halogens is 1. The smallest absolute Gasteiger partial charge is 0.218 e. The summed E-state index contributed by atoms with van der Waals surface area (Å²) in [7, 11) is 0. The monoisotopic (exact) mass is 416 g/mol. The molecule has 5 nitrogen and oxygen atoms in total. The van der Waals surface area contributed by atoms with Crippen molar-refractivity contribution in [1.82, 2.24) is 10.3 Å². The number of pyridine rings is 1. The molecule has 1 aromatic heterocycles. The van der Waals surface area contributed by atoms with E-state index in [4.69, 9.17) is 10.5 Å². The number of rotatable bonds is 6. The Morgan fingerprint density at radius 2 is 2.23 bits per heavy atom. The molecule has 1 heterocycles. The number of aromatic nitrogens is 1. The fourth-order valence-corrected chi connectivity index (χ4v) is 2.28. The summed E-state index contributed by atoms with van der Waals surface area (Å²) < 4.78 is 5.98. The van der Waals surface area contributed by atoms with E-state index in [1.165, 1.54) is 12.8 Å². The maximum absolute atomic E-state index is 5.98. The number of ether oxygens (including phenoxy) is 1. The summed E-state index contributed by atoms with van der Waals surface area (Å²) in [5.74, 6) is 1.09. The van der Waals surface area contributed by atoms with Gasteiger partial charge in [0, 0.05) is 18.3 Å². The molecule has 1 aromatic rings. The fourth-order valence-electron chi connectivity index (χ4n) is 2.28. The van der Waals surface area contributed by atoms with Crippen LogP contribution in [0.3, 0.4) is 0 Å². The minimum absolute atomic E-state index is 0. The first-order valence-electron chi connectivity index (χ1n) is 7.44. The Balaban J connectivity index is 0.00000242. The number of guanidine groups is 1. The average molecular weight is 416 g/mol. The maximum Gasteiger partial charge on any atom is 0.218 e. The summed E-state index contributed by atoms with van der Waals surface area (Å²) in [5, 5.41) is 3.01. The van der Waals surface area contributed by atoms with E-state index in [1.54, 1.807) is 6.20 Å². The predicted octanol–water partition coefficient (Wildman–Crippen LogP) is 3.00. The first-order chi connectivity index (χ1) is 10.1. The number of hydrogen-bond acceptors (Lipinski definition) is 3. The third-order valence-corrected chi connectivity index (χ3v) is 3.42. The highest BCUT2D eigenvalue weighted by Gasteiger charge is 2.18. The highest BCUT2D eigenvalue weighted by atomic mass is 127. The van der Waals surface area contributed by atoms with Crippen molar-refractivity contribution in [2.45, 2.75) is 45.3 Å². The van der Waals surface area contributed by atoms with Gasteiger partial charge >= 0.3 is 0 Å². The molecule has 0 atom stereocenters. The molecule has 122 valence electrons. The highest BCUT2D eigenvalue weighted by molar-refractivity contribution is 14.0. The van der Waals surface area contributed by atoms with Crippen molar-refractivity contribution < 1.29 is 4.74 Å². The number of nitrogens with one attached hydrogen (secondary N) is 1. The third-order valence-electron chi connectivity index (χ3n) is 3.42. The van der Waals surface area contributed by atoms with E-state index in [0.29, 0.717) is 31.0 Å². The van der Waals surface area contributed by atoms with Crippen LogP contribution in [-0.4, -0.2) is 23.6 Å². The Kier molecular flexibility index (Phi) is 8.22. The summed E-state index contributed by atoms with van der Waals surface area (Å²) in [5.41, 5.74) is 7.80. The highest BCUT2D eigenvalue weighted by Crippen LogP contribution is 2.25. The van der Waals surface area contributed by atoms with Gasteiger partial charge in [-0.15, -0.1) is 24.0 Å². The Morgan fingerprint density at radius 3 is 2.91 bits per heavy atom. The van der Waals surface area contributed by atoms with Gasteiger partial charge < -0.3 is 15.8 Å². The zero-order valence-electron chi connectivity index (χ0n) is 13.0. The zero-order chi connectivity index (χ0) is 15.1. The lowest BCUT2D eigenvalue weighted by molar-refractivity contribution is 0.199. The second kappa shape index (κ2) is 9.66. The van der Waals surface area contributed by atoms with Gasteiger partial charge in [-0.1, -0.05) is 18.2 Å². The summed E-state index contributed by atoms with van der Waals surface area (Å²) in [6, 6.07) is 3.87. The van der Waals surface area contributed by atoms with Crippen LogP contribution in [0, 0.1) is 0 Å². The van der Waals surface area contributed by atoms with Gasteiger partial charge in [0.2, 0.25) is 5.88 Å².